The molecule has 0 radical (unpaired) electrons. The molecule has 4 heteroatoms. The molecule has 1 heterocycles. The minimum atomic E-state index is -0.448. The van der Waals surface area contributed by atoms with Crippen LogP contribution in [-0.4, -0.2) is 59.6 Å². The van der Waals surface area contributed by atoms with Crippen molar-refractivity contribution in [2.24, 2.45) is 0 Å². The Balaban J connectivity index is 2.43. The van der Waals surface area contributed by atoms with Crippen molar-refractivity contribution in [3.63, 3.8) is 0 Å². The van der Waals surface area contributed by atoms with Crippen molar-refractivity contribution in [2.45, 2.75) is 46.6 Å². The summed E-state index contributed by atoms with van der Waals surface area (Å²) in [6.07, 6.45) is 6.23. The maximum Gasteiger partial charge on any atom is 0.219 e. The second kappa shape index (κ2) is 9.00. The lowest BCUT2D eigenvalue weighted by Gasteiger charge is -2.19. The summed E-state index contributed by atoms with van der Waals surface area (Å²) in [4.78, 5) is 15.4. The first-order valence-electron chi connectivity index (χ1n) is 7.83. The summed E-state index contributed by atoms with van der Waals surface area (Å²) < 4.78 is 0. The lowest BCUT2D eigenvalue weighted by molar-refractivity contribution is -0.129. The van der Waals surface area contributed by atoms with Gasteiger partial charge in [-0.25, -0.2) is 0 Å². The van der Waals surface area contributed by atoms with E-state index in [1.165, 1.54) is 11.1 Å². The first kappa shape index (κ1) is 17.9. The van der Waals surface area contributed by atoms with Gasteiger partial charge in [-0.1, -0.05) is 23.3 Å². The molecule has 1 fully saturated rings. The highest BCUT2D eigenvalue weighted by atomic mass is 16.3. The standard InChI is InChI=1S/C17H30N2O2/c1-14(2)6-5-7-15(3)8-9-18-10-11-19(16(4)20)13-17(21)12-18/h6,8,17,21H,5,7,9-13H2,1-4H3/b15-8+/t17-/m0/s1. The van der Waals surface area contributed by atoms with E-state index in [1.807, 2.05) is 0 Å². The normalized spacial score (nSPS) is 21.1. The van der Waals surface area contributed by atoms with Crippen LogP contribution in [0.2, 0.25) is 0 Å². The van der Waals surface area contributed by atoms with Crippen LogP contribution in [0.15, 0.2) is 23.3 Å². The smallest absolute Gasteiger partial charge is 0.219 e. The predicted molar refractivity (Wildman–Crippen MR) is 87.1 cm³/mol. The van der Waals surface area contributed by atoms with Crippen LogP contribution in [0.25, 0.3) is 0 Å². The molecule has 1 saturated heterocycles. The number of β-amino-alcohol motifs (C(OH)–C–C–N with tert-alkyl or cyclic N) is 1. The number of carbonyl (C=O) groups is 1. The molecule has 0 bridgehead atoms. The minimum absolute atomic E-state index is 0.0457. The van der Waals surface area contributed by atoms with Gasteiger partial charge in [0, 0.05) is 39.6 Å². The van der Waals surface area contributed by atoms with Crippen LogP contribution < -0.4 is 0 Å². The van der Waals surface area contributed by atoms with E-state index in [2.05, 4.69) is 37.8 Å². The lowest BCUT2D eigenvalue weighted by atomic mass is 10.1. The SMILES string of the molecule is CC(=O)N1CCN(C/C=C(\C)CCC=C(C)C)C[C@H](O)C1. The van der Waals surface area contributed by atoms with Gasteiger partial charge in [0.1, 0.15) is 0 Å². The number of hydrogen-bond acceptors (Lipinski definition) is 3. The molecule has 0 spiro atoms. The molecule has 1 atom stereocenters. The number of nitrogens with zero attached hydrogens (tertiary/aromatic N) is 2. The third-order valence-electron chi connectivity index (χ3n) is 3.82. The molecule has 4 nitrogen and oxygen atoms in total. The first-order valence-corrected chi connectivity index (χ1v) is 7.83. The third-order valence-corrected chi connectivity index (χ3v) is 3.82. The maximum absolute atomic E-state index is 11.4. The number of rotatable bonds is 5. The maximum atomic E-state index is 11.4. The molecule has 1 aliphatic rings. The van der Waals surface area contributed by atoms with E-state index >= 15 is 0 Å². The number of allylic oxidation sites excluding steroid dienone is 3. The number of aliphatic hydroxyl groups excluding tert-OH is 1. The second-order valence-corrected chi connectivity index (χ2v) is 6.25. The number of carbonyl (C=O) groups excluding carboxylic acids is 1. The summed E-state index contributed by atoms with van der Waals surface area (Å²) in [6.45, 7) is 11.5. The van der Waals surface area contributed by atoms with Crippen LogP contribution in [0.4, 0.5) is 0 Å². The highest BCUT2D eigenvalue weighted by Gasteiger charge is 2.21. The van der Waals surface area contributed by atoms with Crippen LogP contribution in [0.3, 0.4) is 0 Å². The number of aliphatic hydroxyl groups is 1. The van der Waals surface area contributed by atoms with Crippen molar-refractivity contribution in [3.8, 4) is 0 Å². The van der Waals surface area contributed by atoms with E-state index in [1.54, 1.807) is 11.8 Å². The van der Waals surface area contributed by atoms with E-state index < -0.39 is 6.10 Å². The Morgan fingerprint density at radius 2 is 1.86 bits per heavy atom. The van der Waals surface area contributed by atoms with Gasteiger partial charge in [-0.2, -0.15) is 0 Å². The van der Waals surface area contributed by atoms with Crippen LogP contribution in [0.5, 0.6) is 0 Å². The van der Waals surface area contributed by atoms with Crippen LogP contribution in [-0.2, 0) is 4.79 Å². The van der Waals surface area contributed by atoms with Gasteiger partial charge in [0.15, 0.2) is 0 Å². The van der Waals surface area contributed by atoms with E-state index in [9.17, 15) is 9.90 Å². The fourth-order valence-corrected chi connectivity index (χ4v) is 2.48. The topological polar surface area (TPSA) is 43.8 Å². The summed E-state index contributed by atoms with van der Waals surface area (Å²) in [5, 5.41) is 9.98. The van der Waals surface area contributed by atoms with E-state index in [4.69, 9.17) is 0 Å². The zero-order chi connectivity index (χ0) is 15.8. The molecule has 1 aliphatic heterocycles. The summed E-state index contributed by atoms with van der Waals surface area (Å²) in [6, 6.07) is 0. The molecular weight excluding hydrogens is 264 g/mol. The highest BCUT2D eigenvalue weighted by molar-refractivity contribution is 5.73. The van der Waals surface area contributed by atoms with Gasteiger partial charge in [0.25, 0.3) is 0 Å². The van der Waals surface area contributed by atoms with Crippen molar-refractivity contribution >= 4 is 5.91 Å². The quantitative estimate of drug-likeness (QED) is 0.791. The van der Waals surface area contributed by atoms with Crippen molar-refractivity contribution in [2.75, 3.05) is 32.7 Å². The van der Waals surface area contributed by atoms with Gasteiger partial charge in [-0.3, -0.25) is 9.69 Å². The molecule has 1 amide bonds. The van der Waals surface area contributed by atoms with Crippen LogP contribution in [0.1, 0.15) is 40.5 Å². The summed E-state index contributed by atoms with van der Waals surface area (Å²) in [5.74, 6) is 0.0457. The monoisotopic (exact) mass is 294 g/mol. The van der Waals surface area contributed by atoms with Crippen LogP contribution >= 0.6 is 0 Å². The molecule has 0 saturated carbocycles. The van der Waals surface area contributed by atoms with Gasteiger partial charge in [0.2, 0.25) is 5.91 Å². The molecule has 21 heavy (non-hydrogen) atoms. The predicted octanol–water partition coefficient (Wildman–Crippen LogP) is 2.20. The Morgan fingerprint density at radius 1 is 1.14 bits per heavy atom. The Labute approximate surface area is 129 Å². The zero-order valence-electron chi connectivity index (χ0n) is 13.9. The van der Waals surface area contributed by atoms with Crippen molar-refractivity contribution in [1.82, 2.24) is 9.80 Å². The number of hydrogen-bond donors (Lipinski definition) is 1. The van der Waals surface area contributed by atoms with Crippen molar-refractivity contribution in [3.05, 3.63) is 23.3 Å². The lowest BCUT2D eigenvalue weighted by Crippen LogP contribution is -2.36. The fourth-order valence-electron chi connectivity index (χ4n) is 2.48. The van der Waals surface area contributed by atoms with Crippen molar-refractivity contribution < 1.29 is 9.90 Å². The molecular formula is C17H30N2O2. The van der Waals surface area contributed by atoms with Gasteiger partial charge in [-0.15, -0.1) is 0 Å². The van der Waals surface area contributed by atoms with Gasteiger partial charge < -0.3 is 10.0 Å². The zero-order valence-corrected chi connectivity index (χ0v) is 13.9. The molecule has 0 aromatic heterocycles. The Bertz CT molecular complexity index is 398. The molecule has 0 aromatic rings. The molecule has 0 unspecified atom stereocenters. The van der Waals surface area contributed by atoms with Gasteiger partial charge in [0.05, 0.1) is 6.10 Å². The Morgan fingerprint density at radius 3 is 2.48 bits per heavy atom. The van der Waals surface area contributed by atoms with Crippen molar-refractivity contribution in [1.29, 1.82) is 0 Å². The average Bonchev–Trinajstić information content (AvgIpc) is 2.57. The van der Waals surface area contributed by atoms with Gasteiger partial charge in [-0.05, 0) is 33.6 Å². The molecule has 0 aliphatic carbocycles. The highest BCUT2D eigenvalue weighted by Crippen LogP contribution is 2.09. The number of amides is 1. The summed E-state index contributed by atoms with van der Waals surface area (Å²) >= 11 is 0. The summed E-state index contributed by atoms with van der Waals surface area (Å²) in [7, 11) is 0. The Hall–Kier alpha value is -1.13. The minimum Gasteiger partial charge on any atom is -0.390 e. The largest absolute Gasteiger partial charge is 0.390 e. The molecule has 0 aromatic carbocycles. The average molecular weight is 294 g/mol. The fraction of sp³-hybridized carbons (Fsp3) is 0.706. The Kier molecular flexibility index (Phi) is 7.68. The summed E-state index contributed by atoms with van der Waals surface area (Å²) in [5.41, 5.74) is 2.75. The first-order chi connectivity index (χ1) is 9.88. The molecule has 120 valence electrons. The van der Waals surface area contributed by atoms with Gasteiger partial charge >= 0.3 is 0 Å². The van der Waals surface area contributed by atoms with Crippen LogP contribution in [0, 0.1) is 0 Å². The van der Waals surface area contributed by atoms with E-state index in [-0.39, 0.29) is 5.91 Å². The third kappa shape index (κ3) is 7.44. The molecule has 1 rings (SSSR count). The van der Waals surface area contributed by atoms with E-state index in [0.717, 1.165) is 25.9 Å². The molecule has 1 N–H and O–H groups in total. The van der Waals surface area contributed by atoms with E-state index in [0.29, 0.717) is 19.6 Å². The second-order valence-electron chi connectivity index (χ2n) is 6.25.